The molecule has 4 heteroatoms. The minimum absolute atomic E-state index is 0.426. The van der Waals surface area contributed by atoms with Crippen molar-refractivity contribution in [3.63, 3.8) is 0 Å². The molecular formula is C22H29NO3. The summed E-state index contributed by atoms with van der Waals surface area (Å²) in [5.74, 6) is 2.63. The van der Waals surface area contributed by atoms with Gasteiger partial charge in [-0.15, -0.1) is 0 Å². The van der Waals surface area contributed by atoms with E-state index in [2.05, 4.69) is 35.2 Å². The van der Waals surface area contributed by atoms with E-state index in [1.54, 1.807) is 21.3 Å². The van der Waals surface area contributed by atoms with Crippen LogP contribution in [0.25, 0.3) is 0 Å². The maximum atomic E-state index is 5.61. The van der Waals surface area contributed by atoms with Crippen LogP contribution in [0.2, 0.25) is 0 Å². The van der Waals surface area contributed by atoms with Gasteiger partial charge in [0.15, 0.2) is 0 Å². The Morgan fingerprint density at radius 3 is 2.27 bits per heavy atom. The summed E-state index contributed by atoms with van der Waals surface area (Å²) in [6.45, 7) is 1.98. The fraction of sp³-hybridized carbons (Fsp3) is 0.455. The van der Waals surface area contributed by atoms with E-state index in [0.29, 0.717) is 6.04 Å². The van der Waals surface area contributed by atoms with E-state index in [-0.39, 0.29) is 0 Å². The first-order valence-electron chi connectivity index (χ1n) is 9.34. The third-order valence-corrected chi connectivity index (χ3v) is 5.23. The molecule has 2 aromatic rings. The van der Waals surface area contributed by atoms with Gasteiger partial charge in [-0.2, -0.15) is 0 Å². The van der Waals surface area contributed by atoms with Gasteiger partial charge in [0.25, 0.3) is 0 Å². The molecule has 0 aliphatic carbocycles. The maximum absolute atomic E-state index is 5.61. The molecule has 1 saturated heterocycles. The van der Waals surface area contributed by atoms with Crippen LogP contribution in [0.1, 0.15) is 42.9 Å². The van der Waals surface area contributed by atoms with Crippen LogP contribution in [-0.2, 0) is 6.54 Å². The maximum Gasteiger partial charge on any atom is 0.127 e. The number of methoxy groups -OCH3 is 3. The van der Waals surface area contributed by atoms with Gasteiger partial charge >= 0.3 is 0 Å². The molecule has 0 unspecified atom stereocenters. The van der Waals surface area contributed by atoms with Crippen LogP contribution in [0.5, 0.6) is 17.2 Å². The summed E-state index contributed by atoms with van der Waals surface area (Å²) < 4.78 is 16.3. The Bertz CT molecular complexity index is 699. The summed E-state index contributed by atoms with van der Waals surface area (Å²) in [7, 11) is 5.12. The SMILES string of the molecule is COc1ccc([C@H]2CCCCCN2Cc2ccc(OC)cc2OC)cc1. The van der Waals surface area contributed by atoms with Gasteiger partial charge in [-0.3, -0.25) is 4.90 Å². The Morgan fingerprint density at radius 1 is 0.846 bits per heavy atom. The summed E-state index contributed by atoms with van der Waals surface area (Å²) in [5, 5.41) is 0. The van der Waals surface area contributed by atoms with E-state index in [9.17, 15) is 0 Å². The molecule has 4 nitrogen and oxygen atoms in total. The standard InChI is InChI=1S/C22H29NO3/c1-24-19-11-8-17(9-12-19)21-7-5-4-6-14-23(21)16-18-10-13-20(25-2)15-22(18)26-3/h8-13,15,21H,4-7,14,16H2,1-3H3/t21-/m1/s1. The molecule has 0 saturated carbocycles. The van der Waals surface area contributed by atoms with Crippen molar-refractivity contribution in [1.82, 2.24) is 4.90 Å². The van der Waals surface area contributed by atoms with E-state index in [1.807, 2.05) is 12.1 Å². The van der Waals surface area contributed by atoms with Gasteiger partial charge in [-0.1, -0.05) is 31.0 Å². The number of rotatable bonds is 6. The average molecular weight is 355 g/mol. The second-order valence-electron chi connectivity index (χ2n) is 6.79. The predicted octanol–water partition coefficient (Wildman–Crippen LogP) is 4.83. The van der Waals surface area contributed by atoms with Crippen molar-refractivity contribution >= 4 is 0 Å². The molecule has 1 heterocycles. The summed E-state index contributed by atoms with van der Waals surface area (Å²) in [4.78, 5) is 2.58. The third-order valence-electron chi connectivity index (χ3n) is 5.23. The molecule has 140 valence electrons. The highest BCUT2D eigenvalue weighted by molar-refractivity contribution is 5.41. The van der Waals surface area contributed by atoms with Gasteiger partial charge in [-0.05, 0) is 43.1 Å². The lowest BCUT2D eigenvalue weighted by Gasteiger charge is -2.31. The predicted molar refractivity (Wildman–Crippen MR) is 104 cm³/mol. The Labute approximate surface area is 156 Å². The van der Waals surface area contributed by atoms with Crippen LogP contribution in [-0.4, -0.2) is 32.8 Å². The van der Waals surface area contributed by atoms with Crippen LogP contribution >= 0.6 is 0 Å². The smallest absolute Gasteiger partial charge is 0.127 e. The zero-order valence-corrected chi connectivity index (χ0v) is 16.0. The zero-order valence-electron chi connectivity index (χ0n) is 16.0. The van der Waals surface area contributed by atoms with Crippen molar-refractivity contribution in [2.45, 2.75) is 38.3 Å². The summed E-state index contributed by atoms with van der Waals surface area (Å²) >= 11 is 0. The lowest BCUT2D eigenvalue weighted by molar-refractivity contribution is 0.190. The van der Waals surface area contributed by atoms with Crippen LogP contribution < -0.4 is 14.2 Å². The van der Waals surface area contributed by atoms with Gasteiger partial charge < -0.3 is 14.2 Å². The zero-order chi connectivity index (χ0) is 18.4. The monoisotopic (exact) mass is 355 g/mol. The number of nitrogens with zero attached hydrogens (tertiary/aromatic N) is 1. The Hall–Kier alpha value is -2.20. The molecule has 0 spiro atoms. The molecule has 0 amide bonds. The summed E-state index contributed by atoms with van der Waals surface area (Å²) in [6.07, 6.45) is 4.99. The van der Waals surface area contributed by atoms with E-state index in [4.69, 9.17) is 14.2 Å². The minimum atomic E-state index is 0.426. The first kappa shape index (κ1) is 18.6. The molecule has 0 N–H and O–H groups in total. The van der Waals surface area contributed by atoms with Crippen LogP contribution in [0.4, 0.5) is 0 Å². The molecule has 3 rings (SSSR count). The fourth-order valence-corrected chi connectivity index (χ4v) is 3.76. The Balaban J connectivity index is 1.84. The largest absolute Gasteiger partial charge is 0.497 e. The van der Waals surface area contributed by atoms with Crippen LogP contribution in [0.15, 0.2) is 42.5 Å². The Kier molecular flexibility index (Phi) is 6.40. The van der Waals surface area contributed by atoms with Crippen molar-refractivity contribution in [3.05, 3.63) is 53.6 Å². The molecule has 2 aromatic carbocycles. The molecule has 0 bridgehead atoms. The van der Waals surface area contributed by atoms with Crippen LogP contribution in [0, 0.1) is 0 Å². The lowest BCUT2D eigenvalue weighted by Crippen LogP contribution is -2.28. The molecule has 1 aliphatic heterocycles. The number of hydrogen-bond acceptors (Lipinski definition) is 4. The molecule has 26 heavy (non-hydrogen) atoms. The van der Waals surface area contributed by atoms with E-state index in [0.717, 1.165) is 30.3 Å². The highest BCUT2D eigenvalue weighted by Crippen LogP contribution is 2.34. The second kappa shape index (κ2) is 8.95. The summed E-state index contributed by atoms with van der Waals surface area (Å²) in [5.41, 5.74) is 2.56. The first-order chi connectivity index (χ1) is 12.7. The number of ether oxygens (including phenoxy) is 3. The van der Waals surface area contributed by atoms with Gasteiger partial charge in [0.05, 0.1) is 21.3 Å². The fourth-order valence-electron chi connectivity index (χ4n) is 3.76. The molecule has 0 radical (unpaired) electrons. The molecule has 1 aliphatic rings. The van der Waals surface area contributed by atoms with E-state index in [1.165, 1.54) is 36.8 Å². The quantitative estimate of drug-likeness (QED) is 0.743. The number of benzene rings is 2. The van der Waals surface area contributed by atoms with Crippen molar-refractivity contribution in [2.24, 2.45) is 0 Å². The normalized spacial score (nSPS) is 18.2. The van der Waals surface area contributed by atoms with E-state index >= 15 is 0 Å². The molecule has 1 atom stereocenters. The van der Waals surface area contributed by atoms with Crippen molar-refractivity contribution in [3.8, 4) is 17.2 Å². The van der Waals surface area contributed by atoms with Crippen molar-refractivity contribution in [2.75, 3.05) is 27.9 Å². The Morgan fingerprint density at radius 2 is 1.58 bits per heavy atom. The third kappa shape index (κ3) is 4.31. The van der Waals surface area contributed by atoms with Gasteiger partial charge in [-0.25, -0.2) is 0 Å². The van der Waals surface area contributed by atoms with Gasteiger partial charge in [0.2, 0.25) is 0 Å². The molecular weight excluding hydrogens is 326 g/mol. The first-order valence-corrected chi connectivity index (χ1v) is 9.34. The minimum Gasteiger partial charge on any atom is -0.497 e. The summed E-state index contributed by atoms with van der Waals surface area (Å²) in [6, 6.07) is 15.1. The lowest BCUT2D eigenvalue weighted by atomic mass is 10.00. The van der Waals surface area contributed by atoms with Gasteiger partial charge in [0, 0.05) is 24.2 Å². The highest BCUT2D eigenvalue weighted by Gasteiger charge is 2.24. The average Bonchev–Trinajstić information content (AvgIpc) is 2.93. The molecule has 0 aromatic heterocycles. The molecule has 1 fully saturated rings. The number of likely N-dealkylation sites (tertiary alicyclic amines) is 1. The number of hydrogen-bond donors (Lipinski definition) is 0. The second-order valence-corrected chi connectivity index (χ2v) is 6.79. The van der Waals surface area contributed by atoms with Crippen molar-refractivity contribution < 1.29 is 14.2 Å². The highest BCUT2D eigenvalue weighted by atomic mass is 16.5. The topological polar surface area (TPSA) is 30.9 Å². The van der Waals surface area contributed by atoms with Crippen molar-refractivity contribution in [1.29, 1.82) is 0 Å². The van der Waals surface area contributed by atoms with Gasteiger partial charge in [0.1, 0.15) is 17.2 Å². The van der Waals surface area contributed by atoms with Crippen LogP contribution in [0.3, 0.4) is 0 Å². The van der Waals surface area contributed by atoms with E-state index < -0.39 is 0 Å².